The molecule has 1 aromatic carbocycles. The van der Waals surface area contributed by atoms with E-state index in [9.17, 15) is 9.59 Å². The average molecular weight is 375 g/mol. The molecule has 7 heteroatoms. The SMILES string of the molecule is COCCCN(CC(=O)Nc1nc(C)c(C)s1)C(=O)c1ccc(C)cc1. The lowest BCUT2D eigenvalue weighted by Crippen LogP contribution is -2.39. The van der Waals surface area contributed by atoms with Crippen molar-refractivity contribution in [3.05, 3.63) is 46.0 Å². The van der Waals surface area contributed by atoms with E-state index in [2.05, 4.69) is 10.3 Å². The number of hydrogen-bond donors (Lipinski definition) is 1. The van der Waals surface area contributed by atoms with Gasteiger partial charge in [0, 0.05) is 30.7 Å². The van der Waals surface area contributed by atoms with Crippen LogP contribution >= 0.6 is 11.3 Å². The topological polar surface area (TPSA) is 71.5 Å². The number of rotatable bonds is 8. The number of aryl methyl sites for hydroxylation is 3. The molecule has 0 saturated carbocycles. The van der Waals surface area contributed by atoms with Crippen molar-refractivity contribution in [1.29, 1.82) is 0 Å². The van der Waals surface area contributed by atoms with Gasteiger partial charge in [-0.2, -0.15) is 0 Å². The number of nitrogens with zero attached hydrogens (tertiary/aromatic N) is 2. The van der Waals surface area contributed by atoms with E-state index in [1.807, 2.05) is 32.9 Å². The van der Waals surface area contributed by atoms with Crippen molar-refractivity contribution >= 4 is 28.3 Å². The molecule has 1 heterocycles. The first-order valence-electron chi connectivity index (χ1n) is 8.49. The van der Waals surface area contributed by atoms with E-state index in [4.69, 9.17) is 4.74 Å². The predicted octanol–water partition coefficient (Wildman–Crippen LogP) is 3.19. The first-order chi connectivity index (χ1) is 12.4. The van der Waals surface area contributed by atoms with Crippen LogP contribution in [0, 0.1) is 20.8 Å². The van der Waals surface area contributed by atoms with E-state index in [-0.39, 0.29) is 18.4 Å². The molecule has 0 unspecified atom stereocenters. The number of benzene rings is 1. The molecule has 0 aliphatic heterocycles. The third-order valence-electron chi connectivity index (χ3n) is 3.97. The molecule has 0 radical (unpaired) electrons. The molecular formula is C19H25N3O3S. The van der Waals surface area contributed by atoms with Crippen molar-refractivity contribution in [2.75, 3.05) is 32.1 Å². The van der Waals surface area contributed by atoms with Gasteiger partial charge in [0.2, 0.25) is 5.91 Å². The van der Waals surface area contributed by atoms with Gasteiger partial charge in [-0.25, -0.2) is 4.98 Å². The molecule has 2 amide bonds. The Balaban J connectivity index is 2.06. The Morgan fingerprint density at radius 1 is 1.19 bits per heavy atom. The maximum atomic E-state index is 12.8. The maximum Gasteiger partial charge on any atom is 0.254 e. The average Bonchev–Trinajstić information content (AvgIpc) is 2.91. The van der Waals surface area contributed by atoms with Crippen LogP contribution in [0.25, 0.3) is 0 Å². The molecule has 0 spiro atoms. The Hall–Kier alpha value is -2.25. The van der Waals surface area contributed by atoms with Crippen LogP contribution in [-0.4, -0.2) is 48.5 Å². The van der Waals surface area contributed by atoms with Crippen molar-refractivity contribution in [3.63, 3.8) is 0 Å². The summed E-state index contributed by atoms with van der Waals surface area (Å²) < 4.78 is 5.06. The molecule has 0 saturated heterocycles. The molecule has 26 heavy (non-hydrogen) atoms. The number of thiazole rings is 1. The van der Waals surface area contributed by atoms with Crippen molar-refractivity contribution in [2.24, 2.45) is 0 Å². The summed E-state index contributed by atoms with van der Waals surface area (Å²) in [6, 6.07) is 7.35. The summed E-state index contributed by atoms with van der Waals surface area (Å²) in [5, 5.41) is 3.34. The van der Waals surface area contributed by atoms with Gasteiger partial charge in [0.25, 0.3) is 5.91 Å². The summed E-state index contributed by atoms with van der Waals surface area (Å²) in [6.45, 7) is 6.79. The minimum Gasteiger partial charge on any atom is -0.385 e. The predicted molar refractivity (Wildman–Crippen MR) is 104 cm³/mol. The summed E-state index contributed by atoms with van der Waals surface area (Å²) in [6.07, 6.45) is 0.664. The van der Waals surface area contributed by atoms with Crippen LogP contribution in [0.15, 0.2) is 24.3 Å². The lowest BCUT2D eigenvalue weighted by Gasteiger charge is -2.22. The van der Waals surface area contributed by atoms with Gasteiger partial charge in [-0.15, -0.1) is 11.3 Å². The normalized spacial score (nSPS) is 10.6. The summed E-state index contributed by atoms with van der Waals surface area (Å²) >= 11 is 1.43. The number of amides is 2. The third kappa shape index (κ3) is 5.64. The van der Waals surface area contributed by atoms with Gasteiger partial charge < -0.3 is 15.0 Å². The largest absolute Gasteiger partial charge is 0.385 e. The number of anilines is 1. The van der Waals surface area contributed by atoms with Crippen LogP contribution in [-0.2, 0) is 9.53 Å². The van der Waals surface area contributed by atoms with Gasteiger partial charge in [-0.3, -0.25) is 9.59 Å². The molecule has 0 aliphatic carbocycles. The van der Waals surface area contributed by atoms with E-state index in [1.165, 1.54) is 11.3 Å². The fourth-order valence-electron chi connectivity index (χ4n) is 2.39. The van der Waals surface area contributed by atoms with Crippen LogP contribution in [0.5, 0.6) is 0 Å². The highest BCUT2D eigenvalue weighted by Crippen LogP contribution is 2.21. The van der Waals surface area contributed by atoms with Crippen molar-refractivity contribution in [1.82, 2.24) is 9.88 Å². The van der Waals surface area contributed by atoms with Crippen molar-refractivity contribution < 1.29 is 14.3 Å². The third-order valence-corrected chi connectivity index (χ3v) is 4.96. The quantitative estimate of drug-likeness (QED) is 0.719. The van der Waals surface area contributed by atoms with Crippen LogP contribution in [0.1, 0.15) is 32.9 Å². The highest BCUT2D eigenvalue weighted by Gasteiger charge is 2.19. The Morgan fingerprint density at radius 2 is 1.88 bits per heavy atom. The van der Waals surface area contributed by atoms with Crippen LogP contribution in [0.2, 0.25) is 0 Å². The Kier molecular flexibility index (Phi) is 7.29. The van der Waals surface area contributed by atoms with E-state index >= 15 is 0 Å². The highest BCUT2D eigenvalue weighted by atomic mass is 32.1. The number of aromatic nitrogens is 1. The summed E-state index contributed by atoms with van der Waals surface area (Å²) in [5.74, 6) is -0.417. The Morgan fingerprint density at radius 3 is 2.46 bits per heavy atom. The van der Waals surface area contributed by atoms with Gasteiger partial charge in [0.15, 0.2) is 5.13 Å². The van der Waals surface area contributed by atoms with E-state index in [1.54, 1.807) is 24.1 Å². The number of ether oxygens (including phenoxy) is 1. The molecule has 0 aliphatic rings. The van der Waals surface area contributed by atoms with Gasteiger partial charge in [0.1, 0.15) is 6.54 Å². The minimum absolute atomic E-state index is 0.0197. The highest BCUT2D eigenvalue weighted by molar-refractivity contribution is 7.15. The lowest BCUT2D eigenvalue weighted by molar-refractivity contribution is -0.116. The van der Waals surface area contributed by atoms with Gasteiger partial charge in [-0.05, 0) is 39.3 Å². The fourth-order valence-corrected chi connectivity index (χ4v) is 3.22. The second kappa shape index (κ2) is 9.45. The molecule has 0 bridgehead atoms. The monoisotopic (exact) mass is 375 g/mol. The summed E-state index contributed by atoms with van der Waals surface area (Å²) in [5.41, 5.74) is 2.56. The van der Waals surface area contributed by atoms with Gasteiger partial charge >= 0.3 is 0 Å². The zero-order valence-electron chi connectivity index (χ0n) is 15.7. The summed E-state index contributed by atoms with van der Waals surface area (Å²) in [4.78, 5) is 32.1. The van der Waals surface area contributed by atoms with Gasteiger partial charge in [-0.1, -0.05) is 17.7 Å². The zero-order chi connectivity index (χ0) is 19.1. The van der Waals surface area contributed by atoms with Crippen LogP contribution in [0.4, 0.5) is 5.13 Å². The molecule has 0 atom stereocenters. The number of carbonyl (C=O) groups is 2. The Bertz CT molecular complexity index is 736. The molecule has 2 aromatic rings. The zero-order valence-corrected chi connectivity index (χ0v) is 16.5. The first kappa shape index (κ1) is 20.1. The molecule has 1 aromatic heterocycles. The second-order valence-corrected chi connectivity index (χ2v) is 7.35. The van der Waals surface area contributed by atoms with Crippen molar-refractivity contribution in [3.8, 4) is 0 Å². The minimum atomic E-state index is -0.253. The molecule has 140 valence electrons. The summed E-state index contributed by atoms with van der Waals surface area (Å²) in [7, 11) is 1.62. The number of hydrogen-bond acceptors (Lipinski definition) is 5. The first-order valence-corrected chi connectivity index (χ1v) is 9.31. The maximum absolute atomic E-state index is 12.8. The van der Waals surface area contributed by atoms with Gasteiger partial charge in [0.05, 0.1) is 5.69 Å². The molecule has 1 N–H and O–H groups in total. The standard InChI is InChI=1S/C19H25N3O3S/c1-13-6-8-16(9-7-13)18(24)22(10-5-11-25-4)12-17(23)21-19-20-14(2)15(3)26-19/h6-9H,5,10-12H2,1-4H3,(H,20,21,23). The second-order valence-electron chi connectivity index (χ2n) is 6.15. The molecule has 0 fully saturated rings. The molecule has 6 nitrogen and oxygen atoms in total. The van der Waals surface area contributed by atoms with Crippen LogP contribution in [0.3, 0.4) is 0 Å². The molecule has 2 rings (SSSR count). The smallest absolute Gasteiger partial charge is 0.254 e. The Labute approximate surface area is 158 Å². The van der Waals surface area contributed by atoms with Crippen molar-refractivity contribution in [2.45, 2.75) is 27.2 Å². The number of methoxy groups -OCH3 is 1. The number of nitrogens with one attached hydrogen (secondary N) is 1. The van der Waals surface area contributed by atoms with Crippen LogP contribution < -0.4 is 5.32 Å². The molecular weight excluding hydrogens is 350 g/mol. The van der Waals surface area contributed by atoms with E-state index in [0.29, 0.717) is 30.3 Å². The fraction of sp³-hybridized carbons (Fsp3) is 0.421. The lowest BCUT2D eigenvalue weighted by atomic mass is 10.1. The van der Waals surface area contributed by atoms with E-state index < -0.39 is 0 Å². The number of carbonyl (C=O) groups excluding carboxylic acids is 2. The van der Waals surface area contributed by atoms with E-state index in [0.717, 1.165) is 16.1 Å².